The third-order valence-corrected chi connectivity index (χ3v) is 13.8. The predicted molar refractivity (Wildman–Crippen MR) is 256 cm³/mol. The molecule has 0 saturated carbocycles. The number of anilines is 5. The van der Waals surface area contributed by atoms with E-state index in [2.05, 4.69) is 225 Å². The van der Waals surface area contributed by atoms with Gasteiger partial charge in [0.25, 0.3) is 0 Å². The summed E-state index contributed by atoms with van der Waals surface area (Å²) in [5.41, 5.74) is 18.5. The molecule has 61 heavy (non-hydrogen) atoms. The quantitative estimate of drug-likeness (QED) is 0.167. The fourth-order valence-electron chi connectivity index (χ4n) is 11.3. The fourth-order valence-corrected chi connectivity index (χ4v) is 11.3. The van der Waals surface area contributed by atoms with Crippen LogP contribution in [0, 0.1) is 0 Å². The van der Waals surface area contributed by atoms with Gasteiger partial charge in [0.2, 0.25) is 0 Å². The van der Waals surface area contributed by atoms with Crippen molar-refractivity contribution in [3.8, 4) is 11.1 Å². The number of furan rings is 1. The molecule has 0 fully saturated rings. The molecule has 13 rings (SSSR count). The molecule has 4 heteroatoms. The van der Waals surface area contributed by atoms with Crippen LogP contribution in [0.15, 0.2) is 199 Å². The van der Waals surface area contributed by atoms with Crippen LogP contribution in [-0.4, -0.2) is 6.85 Å². The molecule has 4 heterocycles. The smallest absolute Gasteiger partial charge is 0.333 e. The lowest BCUT2D eigenvalue weighted by atomic mass is 9.42. The average molecular weight is 781 g/mol. The van der Waals surface area contributed by atoms with Crippen molar-refractivity contribution in [2.75, 3.05) is 9.71 Å². The van der Waals surface area contributed by atoms with E-state index in [4.69, 9.17) is 4.42 Å². The van der Waals surface area contributed by atoms with E-state index in [1.165, 1.54) is 77.7 Å². The summed E-state index contributed by atoms with van der Waals surface area (Å²) >= 11 is 0. The van der Waals surface area contributed by atoms with E-state index in [9.17, 15) is 0 Å². The maximum atomic E-state index is 7.06. The van der Waals surface area contributed by atoms with Gasteiger partial charge in [-0.25, -0.2) is 0 Å². The standard InChI is InChI=1S/C57H41BN2O/c1-56(2,3)37-29-31-40(32-30-37)60-53-44(34-33-43-42-23-12-15-28-50(42)61-55(43)53)51-41-22-11-10-17-36(41)35-49-52(51)58(60)47-26-16-25-46-54(47)59(49)48-27-14-13-24-45(48)57(46,38-18-6-4-7-19-38)39-20-8-5-9-21-39/h4-35H,1-3H3. The number of nitrogens with zero attached hydrogens (tertiary/aromatic N) is 2. The summed E-state index contributed by atoms with van der Waals surface area (Å²) in [5, 5.41) is 4.73. The first-order chi connectivity index (χ1) is 29.9. The molecule has 1 aromatic heterocycles. The molecule has 0 amide bonds. The second-order valence-corrected chi connectivity index (χ2v) is 18.0. The molecule has 0 saturated heterocycles. The highest BCUT2D eigenvalue weighted by atomic mass is 16.3. The Morgan fingerprint density at radius 2 is 1.18 bits per heavy atom. The molecule has 0 atom stereocenters. The molecule has 3 nitrogen and oxygen atoms in total. The van der Waals surface area contributed by atoms with Crippen molar-refractivity contribution in [3.63, 3.8) is 0 Å². The third kappa shape index (κ3) is 4.54. The first-order valence-corrected chi connectivity index (χ1v) is 21.5. The summed E-state index contributed by atoms with van der Waals surface area (Å²) in [6, 6.07) is 72.4. The van der Waals surface area contributed by atoms with Gasteiger partial charge in [0.05, 0.1) is 16.8 Å². The van der Waals surface area contributed by atoms with Crippen LogP contribution in [-0.2, 0) is 10.8 Å². The largest absolute Gasteiger partial charge is 0.454 e. The van der Waals surface area contributed by atoms with Gasteiger partial charge in [0.1, 0.15) is 5.58 Å². The van der Waals surface area contributed by atoms with Gasteiger partial charge in [-0.3, -0.25) is 0 Å². The van der Waals surface area contributed by atoms with Gasteiger partial charge in [0.15, 0.2) is 5.58 Å². The van der Waals surface area contributed by atoms with Crippen LogP contribution >= 0.6 is 0 Å². The fraction of sp³-hybridized carbons (Fsp3) is 0.0877. The van der Waals surface area contributed by atoms with Crippen LogP contribution in [0.2, 0.25) is 0 Å². The maximum absolute atomic E-state index is 7.06. The Kier molecular flexibility index (Phi) is 7.01. The second kappa shape index (κ2) is 12.4. The number of rotatable bonds is 3. The molecule has 10 aromatic rings. The van der Waals surface area contributed by atoms with E-state index in [0.29, 0.717) is 0 Å². The summed E-state index contributed by atoms with van der Waals surface area (Å²) in [6.07, 6.45) is 0. The monoisotopic (exact) mass is 780 g/mol. The van der Waals surface area contributed by atoms with E-state index in [1.54, 1.807) is 0 Å². The lowest BCUT2D eigenvalue weighted by Crippen LogP contribution is -2.62. The lowest BCUT2D eigenvalue weighted by molar-refractivity contribution is 0.590. The van der Waals surface area contributed by atoms with Crippen molar-refractivity contribution in [2.24, 2.45) is 0 Å². The average Bonchev–Trinajstić information content (AvgIpc) is 3.69. The van der Waals surface area contributed by atoms with E-state index >= 15 is 0 Å². The molecular formula is C57H41BN2O. The summed E-state index contributed by atoms with van der Waals surface area (Å²) in [4.78, 5) is 5.23. The summed E-state index contributed by atoms with van der Waals surface area (Å²) < 4.78 is 7.06. The Hall–Kier alpha value is -7.30. The minimum absolute atomic E-state index is 0.0124. The van der Waals surface area contributed by atoms with Crippen molar-refractivity contribution >= 4 is 78.9 Å². The zero-order valence-corrected chi connectivity index (χ0v) is 34.4. The highest BCUT2D eigenvalue weighted by molar-refractivity contribution is 6.94. The van der Waals surface area contributed by atoms with E-state index in [1.807, 2.05) is 0 Å². The first-order valence-electron chi connectivity index (χ1n) is 21.5. The van der Waals surface area contributed by atoms with Crippen molar-refractivity contribution in [2.45, 2.75) is 31.6 Å². The number of fused-ring (bicyclic) bond motifs is 12. The van der Waals surface area contributed by atoms with Gasteiger partial charge in [-0.1, -0.05) is 178 Å². The van der Waals surface area contributed by atoms with Gasteiger partial charge in [-0.2, -0.15) is 0 Å². The van der Waals surface area contributed by atoms with Crippen LogP contribution in [0.3, 0.4) is 0 Å². The predicted octanol–water partition coefficient (Wildman–Crippen LogP) is 13.4. The summed E-state index contributed by atoms with van der Waals surface area (Å²) in [7, 11) is 0. The normalized spacial score (nSPS) is 14.5. The maximum Gasteiger partial charge on any atom is 0.333 e. The molecule has 0 unspecified atom stereocenters. The third-order valence-electron chi connectivity index (χ3n) is 13.8. The molecule has 0 N–H and O–H groups in total. The Labute approximate surface area is 356 Å². The number of benzene rings is 9. The highest BCUT2D eigenvalue weighted by Gasteiger charge is 2.53. The zero-order chi connectivity index (χ0) is 40.6. The highest BCUT2D eigenvalue weighted by Crippen LogP contribution is 2.60. The molecule has 288 valence electrons. The van der Waals surface area contributed by atoms with E-state index in [-0.39, 0.29) is 12.3 Å². The first kappa shape index (κ1) is 34.6. The van der Waals surface area contributed by atoms with Crippen LogP contribution in [0.25, 0.3) is 43.8 Å². The molecule has 9 aromatic carbocycles. The minimum atomic E-state index is -0.587. The minimum Gasteiger partial charge on any atom is -0.454 e. The second-order valence-electron chi connectivity index (χ2n) is 18.0. The number of hydrogen-bond donors (Lipinski definition) is 0. The van der Waals surface area contributed by atoms with Gasteiger partial charge in [0, 0.05) is 33.4 Å². The Balaban J connectivity index is 1.22. The van der Waals surface area contributed by atoms with Crippen molar-refractivity contribution in [1.29, 1.82) is 0 Å². The van der Waals surface area contributed by atoms with E-state index < -0.39 is 5.41 Å². The summed E-state index contributed by atoms with van der Waals surface area (Å²) in [5.74, 6) is 0. The molecule has 3 aliphatic rings. The van der Waals surface area contributed by atoms with Crippen LogP contribution in [0.5, 0.6) is 0 Å². The molecule has 0 spiro atoms. The zero-order valence-electron chi connectivity index (χ0n) is 34.4. The molecule has 3 aliphatic heterocycles. The molecule has 0 aliphatic carbocycles. The summed E-state index contributed by atoms with van der Waals surface area (Å²) in [6.45, 7) is 6.69. The van der Waals surface area contributed by atoms with Gasteiger partial charge in [-0.15, -0.1) is 0 Å². The SMILES string of the molecule is CC(C)(C)c1ccc(N2B3c4cccc5c4N(c4ccccc4C5(c4ccccc4)c4ccccc4)c4cc5ccccc5c(c43)-c3ccc4c(oc5ccccc54)c32)cc1. The number of para-hydroxylation sites is 3. The van der Waals surface area contributed by atoms with Crippen molar-refractivity contribution < 1.29 is 4.42 Å². The number of hydrogen-bond acceptors (Lipinski definition) is 3. The van der Waals surface area contributed by atoms with Crippen molar-refractivity contribution in [3.05, 3.63) is 222 Å². The van der Waals surface area contributed by atoms with Crippen LogP contribution < -0.4 is 20.6 Å². The molecular weight excluding hydrogens is 739 g/mol. The Bertz CT molecular complexity index is 3380. The molecule has 0 bridgehead atoms. The van der Waals surface area contributed by atoms with Gasteiger partial charge >= 0.3 is 6.85 Å². The van der Waals surface area contributed by atoms with Gasteiger partial charge in [-0.05, 0) is 96.9 Å². The van der Waals surface area contributed by atoms with Crippen LogP contribution in [0.1, 0.15) is 48.6 Å². The van der Waals surface area contributed by atoms with Crippen LogP contribution in [0.4, 0.5) is 28.4 Å². The van der Waals surface area contributed by atoms with E-state index in [0.717, 1.165) is 33.3 Å². The Morgan fingerprint density at radius 1 is 0.525 bits per heavy atom. The van der Waals surface area contributed by atoms with Crippen molar-refractivity contribution in [1.82, 2.24) is 0 Å². The topological polar surface area (TPSA) is 19.6 Å². The lowest BCUT2D eigenvalue weighted by Gasteiger charge is -2.52. The molecule has 0 radical (unpaired) electrons. The Morgan fingerprint density at radius 3 is 1.93 bits per heavy atom. The van der Waals surface area contributed by atoms with Gasteiger partial charge < -0.3 is 14.1 Å².